The molecule has 0 aliphatic rings. The number of hydrogen-bond acceptors (Lipinski definition) is 5. The maximum atomic E-state index is 11.9. The van der Waals surface area contributed by atoms with Crippen LogP contribution >= 0.6 is 0 Å². The van der Waals surface area contributed by atoms with Crippen molar-refractivity contribution in [2.24, 2.45) is 11.7 Å². The van der Waals surface area contributed by atoms with Crippen molar-refractivity contribution in [1.82, 2.24) is 0 Å². The van der Waals surface area contributed by atoms with Gasteiger partial charge in [-0.3, -0.25) is 4.79 Å². The van der Waals surface area contributed by atoms with Crippen LogP contribution in [0.3, 0.4) is 0 Å². The Morgan fingerprint density at radius 2 is 1.48 bits per heavy atom. The van der Waals surface area contributed by atoms with E-state index in [1.807, 2.05) is 13.8 Å². The molecule has 0 saturated heterocycles. The molecule has 6 nitrogen and oxygen atoms in total. The Labute approximate surface area is 147 Å². The van der Waals surface area contributed by atoms with Gasteiger partial charge in [0.15, 0.2) is 9.84 Å². The van der Waals surface area contributed by atoms with Crippen molar-refractivity contribution in [2.75, 3.05) is 11.6 Å². The number of sulfone groups is 1. The lowest BCUT2D eigenvalue weighted by Crippen LogP contribution is -2.39. The van der Waals surface area contributed by atoms with Gasteiger partial charge in [0.2, 0.25) is 5.91 Å². The Morgan fingerprint density at radius 3 is 1.92 bits per heavy atom. The van der Waals surface area contributed by atoms with Crippen LogP contribution in [0.1, 0.15) is 13.8 Å². The van der Waals surface area contributed by atoms with Crippen LogP contribution in [0.4, 0.5) is 5.69 Å². The Bertz CT molecular complexity index is 828. The minimum atomic E-state index is -3.23. The van der Waals surface area contributed by atoms with Gasteiger partial charge >= 0.3 is 0 Å². The smallest absolute Gasteiger partial charge is 0.241 e. The molecule has 0 aromatic heterocycles. The largest absolute Gasteiger partial charge is 0.457 e. The third-order valence-electron chi connectivity index (χ3n) is 3.63. The number of rotatable bonds is 6. The topological polar surface area (TPSA) is 98.5 Å². The van der Waals surface area contributed by atoms with Crippen molar-refractivity contribution in [1.29, 1.82) is 0 Å². The van der Waals surface area contributed by atoms with Crippen molar-refractivity contribution in [3.8, 4) is 11.5 Å². The van der Waals surface area contributed by atoms with Crippen LogP contribution in [-0.2, 0) is 14.6 Å². The first-order chi connectivity index (χ1) is 11.7. The number of benzene rings is 2. The highest BCUT2D eigenvalue weighted by atomic mass is 32.2. The summed E-state index contributed by atoms with van der Waals surface area (Å²) in [6.45, 7) is 3.77. The van der Waals surface area contributed by atoms with Crippen LogP contribution < -0.4 is 15.8 Å². The fourth-order valence-corrected chi connectivity index (χ4v) is 2.66. The molecule has 0 radical (unpaired) electrons. The van der Waals surface area contributed by atoms with Gasteiger partial charge in [-0.15, -0.1) is 0 Å². The van der Waals surface area contributed by atoms with E-state index in [-0.39, 0.29) is 16.7 Å². The van der Waals surface area contributed by atoms with Crippen LogP contribution in [0.15, 0.2) is 53.4 Å². The molecule has 0 bridgehead atoms. The van der Waals surface area contributed by atoms with Crippen LogP contribution in [-0.4, -0.2) is 26.6 Å². The SMILES string of the molecule is CC(C)[C@H](N)C(=O)Nc1ccc(Oc2ccc(S(C)(=O)=O)cc2)cc1. The maximum Gasteiger partial charge on any atom is 0.241 e. The van der Waals surface area contributed by atoms with Crippen LogP contribution in [0.2, 0.25) is 0 Å². The van der Waals surface area contributed by atoms with E-state index < -0.39 is 15.9 Å². The van der Waals surface area contributed by atoms with E-state index in [0.29, 0.717) is 17.2 Å². The molecule has 0 unspecified atom stereocenters. The first-order valence-electron chi connectivity index (χ1n) is 7.81. The van der Waals surface area contributed by atoms with E-state index >= 15 is 0 Å². The summed E-state index contributed by atoms with van der Waals surface area (Å²) in [6, 6.07) is 12.4. The number of nitrogens with one attached hydrogen (secondary N) is 1. The third-order valence-corrected chi connectivity index (χ3v) is 4.76. The van der Waals surface area contributed by atoms with Crippen LogP contribution in [0, 0.1) is 5.92 Å². The van der Waals surface area contributed by atoms with E-state index in [0.717, 1.165) is 6.26 Å². The Morgan fingerprint density at radius 1 is 1.00 bits per heavy atom. The monoisotopic (exact) mass is 362 g/mol. The highest BCUT2D eigenvalue weighted by Gasteiger charge is 2.17. The van der Waals surface area contributed by atoms with Crippen molar-refractivity contribution >= 4 is 21.4 Å². The van der Waals surface area contributed by atoms with Crippen LogP contribution in [0.5, 0.6) is 11.5 Å². The fourth-order valence-electron chi connectivity index (χ4n) is 2.03. The minimum Gasteiger partial charge on any atom is -0.457 e. The van der Waals surface area contributed by atoms with Crippen molar-refractivity contribution in [3.63, 3.8) is 0 Å². The summed E-state index contributed by atoms with van der Waals surface area (Å²) in [4.78, 5) is 12.2. The van der Waals surface area contributed by atoms with Gasteiger partial charge in [-0.25, -0.2) is 8.42 Å². The molecule has 0 heterocycles. The normalized spacial score (nSPS) is 12.7. The Kier molecular flexibility index (Phi) is 5.81. The van der Waals surface area contributed by atoms with E-state index in [2.05, 4.69) is 5.32 Å². The molecule has 0 fully saturated rings. The summed E-state index contributed by atoms with van der Waals surface area (Å²) >= 11 is 0. The number of carbonyl (C=O) groups is 1. The van der Waals surface area contributed by atoms with Crippen LogP contribution in [0.25, 0.3) is 0 Å². The minimum absolute atomic E-state index is 0.0533. The Hall–Kier alpha value is -2.38. The van der Waals surface area contributed by atoms with Gasteiger partial charge in [-0.1, -0.05) is 13.8 Å². The highest BCUT2D eigenvalue weighted by Crippen LogP contribution is 2.24. The van der Waals surface area contributed by atoms with Gasteiger partial charge in [0, 0.05) is 11.9 Å². The summed E-state index contributed by atoms with van der Waals surface area (Å²) < 4.78 is 28.5. The van der Waals surface area contributed by atoms with Gasteiger partial charge < -0.3 is 15.8 Å². The van der Waals surface area contributed by atoms with Gasteiger partial charge in [-0.05, 0) is 54.4 Å². The quantitative estimate of drug-likeness (QED) is 0.823. The molecule has 134 valence electrons. The summed E-state index contributed by atoms with van der Waals surface area (Å²) in [5, 5.41) is 2.75. The number of anilines is 1. The summed E-state index contributed by atoms with van der Waals surface area (Å²) in [5.74, 6) is 0.904. The molecule has 7 heteroatoms. The molecule has 0 saturated carbocycles. The molecule has 2 aromatic rings. The lowest BCUT2D eigenvalue weighted by Gasteiger charge is -2.15. The standard InChI is InChI=1S/C18H22N2O4S/c1-12(2)17(19)18(21)20-13-4-6-14(7-5-13)24-15-8-10-16(11-9-15)25(3,22)23/h4-12,17H,19H2,1-3H3,(H,20,21)/t17-/m0/s1. The molecule has 3 N–H and O–H groups in total. The zero-order valence-electron chi connectivity index (χ0n) is 14.4. The predicted octanol–water partition coefficient (Wildman–Crippen LogP) is 2.80. The number of hydrogen-bond donors (Lipinski definition) is 2. The number of ether oxygens (including phenoxy) is 1. The van der Waals surface area contributed by atoms with Crippen molar-refractivity contribution < 1.29 is 17.9 Å². The molecule has 0 aliphatic carbocycles. The second-order valence-corrected chi connectivity index (χ2v) is 8.14. The average Bonchev–Trinajstić information content (AvgIpc) is 2.55. The molecule has 2 rings (SSSR count). The van der Waals surface area contributed by atoms with Gasteiger partial charge in [-0.2, -0.15) is 0 Å². The molecule has 2 aromatic carbocycles. The molecule has 0 spiro atoms. The molecule has 1 amide bonds. The first-order valence-corrected chi connectivity index (χ1v) is 9.70. The number of amides is 1. The maximum absolute atomic E-state index is 11.9. The Balaban J connectivity index is 2.02. The molecule has 0 aliphatic heterocycles. The van der Waals surface area contributed by atoms with Crippen molar-refractivity contribution in [3.05, 3.63) is 48.5 Å². The van der Waals surface area contributed by atoms with Gasteiger partial charge in [0.25, 0.3) is 0 Å². The highest BCUT2D eigenvalue weighted by molar-refractivity contribution is 7.90. The second kappa shape index (κ2) is 7.67. The first kappa shape index (κ1) is 19.0. The van der Waals surface area contributed by atoms with E-state index in [4.69, 9.17) is 10.5 Å². The fraction of sp³-hybridized carbons (Fsp3) is 0.278. The predicted molar refractivity (Wildman–Crippen MR) is 97.5 cm³/mol. The number of nitrogens with two attached hydrogens (primary N) is 1. The zero-order chi connectivity index (χ0) is 18.6. The summed E-state index contributed by atoms with van der Waals surface area (Å²) in [5.41, 5.74) is 6.43. The molecule has 25 heavy (non-hydrogen) atoms. The van der Waals surface area contributed by atoms with E-state index in [9.17, 15) is 13.2 Å². The van der Waals surface area contributed by atoms with Gasteiger partial charge in [0.1, 0.15) is 11.5 Å². The lowest BCUT2D eigenvalue weighted by molar-refractivity contribution is -0.118. The van der Waals surface area contributed by atoms with Crippen molar-refractivity contribution in [2.45, 2.75) is 24.8 Å². The molecular formula is C18H22N2O4S. The summed E-state index contributed by atoms with van der Waals surface area (Å²) in [6.07, 6.45) is 1.15. The molecule has 1 atom stereocenters. The van der Waals surface area contributed by atoms with E-state index in [1.54, 1.807) is 36.4 Å². The van der Waals surface area contributed by atoms with E-state index in [1.165, 1.54) is 12.1 Å². The number of carbonyl (C=O) groups excluding carboxylic acids is 1. The zero-order valence-corrected chi connectivity index (χ0v) is 15.2. The second-order valence-electron chi connectivity index (χ2n) is 6.13. The molecular weight excluding hydrogens is 340 g/mol. The third kappa shape index (κ3) is 5.30. The summed E-state index contributed by atoms with van der Waals surface area (Å²) in [7, 11) is -3.23. The van der Waals surface area contributed by atoms with Gasteiger partial charge in [0.05, 0.1) is 10.9 Å². The average molecular weight is 362 g/mol. The lowest BCUT2D eigenvalue weighted by atomic mass is 10.1.